The van der Waals surface area contributed by atoms with Gasteiger partial charge in [-0.1, -0.05) is 36.0 Å². The SMILES string of the molecule is NC(c1cc(Cl)ccc1Cl)C1CCCC1. The number of nitrogens with two attached hydrogens (primary N) is 1. The van der Waals surface area contributed by atoms with E-state index in [0.29, 0.717) is 10.9 Å². The molecule has 1 aromatic carbocycles. The zero-order valence-corrected chi connectivity index (χ0v) is 10.1. The number of hydrogen-bond donors (Lipinski definition) is 1. The van der Waals surface area contributed by atoms with E-state index in [2.05, 4.69) is 0 Å². The standard InChI is InChI=1S/C12H15Cl2N/c13-9-5-6-11(14)10(7-9)12(15)8-3-1-2-4-8/h5-8,12H,1-4,15H2. The molecule has 1 atom stereocenters. The summed E-state index contributed by atoms with van der Waals surface area (Å²) in [6, 6.07) is 5.56. The summed E-state index contributed by atoms with van der Waals surface area (Å²) in [5.74, 6) is 0.570. The Bertz CT molecular complexity index is 345. The third-order valence-electron chi connectivity index (χ3n) is 3.22. The Hall–Kier alpha value is -0.240. The lowest BCUT2D eigenvalue weighted by atomic mass is 9.92. The Balaban J connectivity index is 2.23. The summed E-state index contributed by atoms with van der Waals surface area (Å²) in [5.41, 5.74) is 7.22. The van der Waals surface area contributed by atoms with Crippen LogP contribution in [0.5, 0.6) is 0 Å². The van der Waals surface area contributed by atoms with Crippen LogP contribution in [0.15, 0.2) is 18.2 Å². The van der Waals surface area contributed by atoms with Gasteiger partial charge in [-0.15, -0.1) is 0 Å². The fourth-order valence-corrected chi connectivity index (χ4v) is 2.76. The van der Waals surface area contributed by atoms with E-state index < -0.39 is 0 Å². The Morgan fingerprint density at radius 2 is 1.87 bits per heavy atom. The maximum absolute atomic E-state index is 6.23. The van der Waals surface area contributed by atoms with Gasteiger partial charge < -0.3 is 5.73 Å². The summed E-state index contributed by atoms with van der Waals surface area (Å²) in [6.07, 6.45) is 5.00. The van der Waals surface area contributed by atoms with Crippen LogP contribution in [-0.4, -0.2) is 0 Å². The van der Waals surface area contributed by atoms with Crippen LogP contribution in [0.4, 0.5) is 0 Å². The summed E-state index contributed by atoms with van der Waals surface area (Å²) < 4.78 is 0. The first-order valence-corrected chi connectivity index (χ1v) is 6.14. The first kappa shape index (κ1) is 11.3. The van der Waals surface area contributed by atoms with E-state index in [4.69, 9.17) is 28.9 Å². The molecule has 1 fully saturated rings. The minimum atomic E-state index is 0.0405. The molecule has 0 amide bonds. The van der Waals surface area contributed by atoms with Gasteiger partial charge in [-0.3, -0.25) is 0 Å². The number of halogens is 2. The predicted octanol–water partition coefficient (Wildman–Crippen LogP) is 4.18. The molecule has 82 valence electrons. The Kier molecular flexibility index (Phi) is 3.55. The molecule has 3 heteroatoms. The second-order valence-corrected chi connectivity index (χ2v) is 5.08. The van der Waals surface area contributed by atoms with Crippen molar-refractivity contribution in [3.8, 4) is 0 Å². The molecule has 1 aliphatic rings. The number of rotatable bonds is 2. The van der Waals surface area contributed by atoms with Gasteiger partial charge in [0.05, 0.1) is 0 Å². The van der Waals surface area contributed by atoms with Gasteiger partial charge in [-0.25, -0.2) is 0 Å². The molecule has 0 saturated heterocycles. The summed E-state index contributed by atoms with van der Waals surface area (Å²) in [4.78, 5) is 0. The Labute approximate surface area is 101 Å². The maximum atomic E-state index is 6.23. The van der Waals surface area contributed by atoms with Gasteiger partial charge in [0.1, 0.15) is 0 Å². The van der Waals surface area contributed by atoms with E-state index in [1.54, 1.807) is 6.07 Å². The second kappa shape index (κ2) is 4.73. The summed E-state index contributed by atoms with van der Waals surface area (Å²) in [5, 5.41) is 1.45. The minimum absolute atomic E-state index is 0.0405. The van der Waals surface area contributed by atoms with Crippen molar-refractivity contribution in [3.63, 3.8) is 0 Å². The van der Waals surface area contributed by atoms with Crippen molar-refractivity contribution >= 4 is 23.2 Å². The van der Waals surface area contributed by atoms with Crippen LogP contribution >= 0.6 is 23.2 Å². The van der Waals surface area contributed by atoms with Crippen LogP contribution < -0.4 is 5.73 Å². The van der Waals surface area contributed by atoms with Gasteiger partial charge in [0.15, 0.2) is 0 Å². The lowest BCUT2D eigenvalue weighted by Crippen LogP contribution is -2.19. The average Bonchev–Trinajstić information content (AvgIpc) is 2.74. The summed E-state index contributed by atoms with van der Waals surface area (Å²) >= 11 is 12.1. The number of hydrogen-bond acceptors (Lipinski definition) is 1. The number of benzene rings is 1. The molecule has 1 saturated carbocycles. The van der Waals surface area contributed by atoms with Gasteiger partial charge in [0.25, 0.3) is 0 Å². The molecule has 1 aromatic rings. The molecule has 0 bridgehead atoms. The molecule has 1 aliphatic carbocycles. The minimum Gasteiger partial charge on any atom is -0.324 e. The van der Waals surface area contributed by atoms with Gasteiger partial charge in [0.2, 0.25) is 0 Å². The van der Waals surface area contributed by atoms with Crippen molar-refractivity contribution in [2.24, 2.45) is 11.7 Å². The fourth-order valence-electron chi connectivity index (χ4n) is 2.34. The zero-order chi connectivity index (χ0) is 10.8. The van der Waals surface area contributed by atoms with Gasteiger partial charge in [-0.05, 0) is 42.5 Å². The molecule has 15 heavy (non-hydrogen) atoms. The molecule has 0 spiro atoms. The van der Waals surface area contributed by atoms with Crippen molar-refractivity contribution in [2.45, 2.75) is 31.7 Å². The largest absolute Gasteiger partial charge is 0.324 e. The van der Waals surface area contributed by atoms with Crippen molar-refractivity contribution in [1.29, 1.82) is 0 Å². The van der Waals surface area contributed by atoms with Crippen molar-refractivity contribution < 1.29 is 0 Å². The fraction of sp³-hybridized carbons (Fsp3) is 0.500. The Morgan fingerprint density at radius 3 is 2.53 bits per heavy atom. The molecule has 1 unspecified atom stereocenters. The zero-order valence-electron chi connectivity index (χ0n) is 8.55. The van der Waals surface area contributed by atoms with E-state index in [-0.39, 0.29) is 6.04 Å². The molecule has 1 nitrogen and oxygen atoms in total. The summed E-state index contributed by atoms with van der Waals surface area (Å²) in [6.45, 7) is 0. The normalized spacial score (nSPS) is 19.4. The van der Waals surface area contributed by atoms with Crippen LogP contribution in [0.25, 0.3) is 0 Å². The van der Waals surface area contributed by atoms with E-state index >= 15 is 0 Å². The first-order chi connectivity index (χ1) is 7.18. The molecule has 2 rings (SSSR count). The molecule has 0 radical (unpaired) electrons. The first-order valence-electron chi connectivity index (χ1n) is 5.39. The monoisotopic (exact) mass is 243 g/mol. The van der Waals surface area contributed by atoms with Gasteiger partial charge >= 0.3 is 0 Å². The van der Waals surface area contributed by atoms with Crippen molar-refractivity contribution in [2.75, 3.05) is 0 Å². The predicted molar refractivity (Wildman–Crippen MR) is 65.3 cm³/mol. The maximum Gasteiger partial charge on any atom is 0.0454 e. The third kappa shape index (κ3) is 2.47. The molecular formula is C12H15Cl2N. The highest BCUT2D eigenvalue weighted by molar-refractivity contribution is 6.33. The van der Waals surface area contributed by atoms with Crippen LogP contribution in [0.3, 0.4) is 0 Å². The quantitative estimate of drug-likeness (QED) is 0.829. The highest BCUT2D eigenvalue weighted by atomic mass is 35.5. The van der Waals surface area contributed by atoms with Crippen molar-refractivity contribution in [1.82, 2.24) is 0 Å². The molecule has 2 N–H and O–H groups in total. The van der Waals surface area contributed by atoms with E-state index in [9.17, 15) is 0 Å². The third-order valence-corrected chi connectivity index (χ3v) is 3.80. The molecule has 0 aromatic heterocycles. The van der Waals surface area contributed by atoms with Crippen molar-refractivity contribution in [3.05, 3.63) is 33.8 Å². The molecular weight excluding hydrogens is 229 g/mol. The highest BCUT2D eigenvalue weighted by Gasteiger charge is 2.24. The Morgan fingerprint density at radius 1 is 1.20 bits per heavy atom. The van der Waals surface area contributed by atoms with Crippen LogP contribution in [0.2, 0.25) is 10.0 Å². The van der Waals surface area contributed by atoms with Gasteiger partial charge in [0, 0.05) is 16.1 Å². The summed E-state index contributed by atoms with van der Waals surface area (Å²) in [7, 11) is 0. The van der Waals surface area contributed by atoms with E-state index in [1.807, 2.05) is 12.1 Å². The highest BCUT2D eigenvalue weighted by Crippen LogP contribution is 2.37. The second-order valence-electron chi connectivity index (χ2n) is 4.24. The molecule has 0 heterocycles. The van der Waals surface area contributed by atoms with Crippen LogP contribution in [0.1, 0.15) is 37.3 Å². The van der Waals surface area contributed by atoms with Crippen LogP contribution in [0, 0.1) is 5.92 Å². The van der Waals surface area contributed by atoms with E-state index in [0.717, 1.165) is 10.6 Å². The lowest BCUT2D eigenvalue weighted by molar-refractivity contribution is 0.445. The average molecular weight is 244 g/mol. The smallest absolute Gasteiger partial charge is 0.0454 e. The van der Waals surface area contributed by atoms with E-state index in [1.165, 1.54) is 25.7 Å². The van der Waals surface area contributed by atoms with Crippen LogP contribution in [-0.2, 0) is 0 Å². The molecule has 0 aliphatic heterocycles. The van der Waals surface area contributed by atoms with Gasteiger partial charge in [-0.2, -0.15) is 0 Å². The lowest BCUT2D eigenvalue weighted by Gasteiger charge is -2.20. The topological polar surface area (TPSA) is 26.0 Å².